The van der Waals surface area contributed by atoms with Gasteiger partial charge < -0.3 is 25.9 Å². The number of benzene rings is 2. The van der Waals surface area contributed by atoms with E-state index in [-0.39, 0.29) is 0 Å². The van der Waals surface area contributed by atoms with Crippen molar-refractivity contribution in [3.8, 4) is 0 Å². The molecule has 0 heterocycles. The molecule has 2 aromatic carbocycles. The number of hydrogen-bond donors (Lipinski definition) is 4. The Labute approximate surface area is 191 Å². The highest BCUT2D eigenvalue weighted by Gasteiger charge is 2.34. The highest BCUT2D eigenvalue weighted by molar-refractivity contribution is 6.08. The molecule has 0 radical (unpaired) electrons. The molecule has 33 heavy (non-hydrogen) atoms. The van der Waals surface area contributed by atoms with Gasteiger partial charge in [0.05, 0.1) is 12.5 Å². The van der Waals surface area contributed by atoms with Gasteiger partial charge in [0.1, 0.15) is 18.4 Å². The molecule has 0 bridgehead atoms. The zero-order chi connectivity index (χ0) is 24.8. The van der Waals surface area contributed by atoms with Crippen LogP contribution < -0.4 is 16.0 Å². The Morgan fingerprint density at radius 3 is 2.18 bits per heavy atom. The zero-order valence-corrected chi connectivity index (χ0v) is 19.0. The molecule has 3 amide bonds. The quantitative estimate of drug-likeness (QED) is 0.424. The lowest BCUT2D eigenvalue weighted by molar-refractivity contribution is -0.139. The van der Waals surface area contributed by atoms with E-state index < -0.39 is 53.7 Å². The summed E-state index contributed by atoms with van der Waals surface area (Å²) in [6, 6.07) is 9.48. The van der Waals surface area contributed by atoms with Crippen LogP contribution in [0.4, 0.5) is 0 Å². The van der Waals surface area contributed by atoms with E-state index in [4.69, 9.17) is 5.11 Å². The average molecular weight is 456 g/mol. The molecular weight excluding hydrogens is 426 g/mol. The second-order valence-corrected chi connectivity index (χ2v) is 8.88. The van der Waals surface area contributed by atoms with E-state index >= 15 is 0 Å². The second kappa shape index (κ2) is 10.7. The van der Waals surface area contributed by atoms with Gasteiger partial charge in [-0.25, -0.2) is 0 Å². The zero-order valence-electron chi connectivity index (χ0n) is 19.0. The van der Waals surface area contributed by atoms with E-state index in [0.29, 0.717) is 11.8 Å². The minimum absolute atomic E-state index is 0.322. The SMILES string of the molecule is C[C@H](NC(=O)[C@@H](NC(=O)c1cccc2ccccc12)C(C)(C)C)C(=O)N[C@H](C=O)CC(=O)O. The van der Waals surface area contributed by atoms with Crippen LogP contribution in [0, 0.1) is 5.41 Å². The van der Waals surface area contributed by atoms with Gasteiger partial charge >= 0.3 is 5.97 Å². The number of carboxylic acid groups (broad SMARTS) is 1. The van der Waals surface area contributed by atoms with Crippen molar-refractivity contribution < 1.29 is 29.1 Å². The Morgan fingerprint density at radius 2 is 1.58 bits per heavy atom. The number of carbonyl (C=O) groups is 5. The maximum absolute atomic E-state index is 13.1. The van der Waals surface area contributed by atoms with E-state index in [1.165, 1.54) is 6.92 Å². The molecule has 9 heteroatoms. The molecule has 2 rings (SSSR count). The Hall–Kier alpha value is -3.75. The monoisotopic (exact) mass is 455 g/mol. The summed E-state index contributed by atoms with van der Waals surface area (Å²) >= 11 is 0. The minimum atomic E-state index is -1.24. The molecule has 0 spiro atoms. The number of carboxylic acids is 1. The number of hydrogen-bond acceptors (Lipinski definition) is 5. The number of rotatable bonds is 9. The lowest BCUT2D eigenvalue weighted by Gasteiger charge is -2.31. The van der Waals surface area contributed by atoms with Crippen molar-refractivity contribution in [3.63, 3.8) is 0 Å². The molecule has 3 atom stereocenters. The van der Waals surface area contributed by atoms with Gasteiger partial charge in [0, 0.05) is 5.56 Å². The van der Waals surface area contributed by atoms with Crippen LogP contribution >= 0.6 is 0 Å². The van der Waals surface area contributed by atoms with Gasteiger partial charge in [0.25, 0.3) is 5.91 Å². The summed E-state index contributed by atoms with van der Waals surface area (Å²) in [4.78, 5) is 60.2. The standard InChI is InChI=1S/C24H29N3O6/c1-14(21(31)26-16(13-28)12-19(29)30)25-23(33)20(24(2,3)4)27-22(32)18-11-7-9-15-8-5-6-10-17(15)18/h5-11,13-14,16,20H,12H2,1-4H3,(H,25,33)(H,26,31)(H,27,32)(H,29,30)/t14-,16-,20+/m0/s1. The van der Waals surface area contributed by atoms with Crippen LogP contribution in [-0.2, 0) is 19.2 Å². The van der Waals surface area contributed by atoms with E-state index in [2.05, 4.69) is 16.0 Å². The first-order chi connectivity index (χ1) is 15.4. The summed E-state index contributed by atoms with van der Waals surface area (Å²) < 4.78 is 0. The topological polar surface area (TPSA) is 142 Å². The number of aldehydes is 1. The molecule has 0 saturated carbocycles. The Morgan fingerprint density at radius 1 is 0.939 bits per heavy atom. The van der Waals surface area contributed by atoms with Crippen LogP contribution in [0.15, 0.2) is 42.5 Å². The third kappa shape index (κ3) is 6.86. The predicted molar refractivity (Wildman–Crippen MR) is 123 cm³/mol. The molecule has 9 nitrogen and oxygen atoms in total. The molecule has 4 N–H and O–H groups in total. The van der Waals surface area contributed by atoms with Gasteiger partial charge in [-0.1, -0.05) is 57.2 Å². The number of amides is 3. The Balaban J connectivity index is 2.15. The van der Waals surface area contributed by atoms with Crippen molar-refractivity contribution in [2.45, 2.75) is 52.2 Å². The van der Waals surface area contributed by atoms with Crippen molar-refractivity contribution in [2.75, 3.05) is 0 Å². The average Bonchev–Trinajstić information content (AvgIpc) is 2.74. The molecule has 0 aliphatic heterocycles. The number of nitrogens with one attached hydrogen (secondary N) is 3. The van der Waals surface area contributed by atoms with Crippen molar-refractivity contribution in [1.29, 1.82) is 0 Å². The van der Waals surface area contributed by atoms with Crippen molar-refractivity contribution >= 4 is 40.7 Å². The lowest BCUT2D eigenvalue weighted by atomic mass is 9.85. The van der Waals surface area contributed by atoms with E-state index in [0.717, 1.165) is 10.8 Å². The molecule has 176 valence electrons. The molecule has 2 aromatic rings. The minimum Gasteiger partial charge on any atom is -0.481 e. The highest BCUT2D eigenvalue weighted by atomic mass is 16.4. The van der Waals surface area contributed by atoms with E-state index in [1.807, 2.05) is 30.3 Å². The van der Waals surface area contributed by atoms with Gasteiger partial charge in [0.2, 0.25) is 11.8 Å². The fourth-order valence-electron chi connectivity index (χ4n) is 3.30. The summed E-state index contributed by atoms with van der Waals surface area (Å²) in [5.41, 5.74) is -0.266. The predicted octanol–water partition coefficient (Wildman–Crippen LogP) is 1.65. The largest absolute Gasteiger partial charge is 0.481 e. The van der Waals surface area contributed by atoms with Gasteiger partial charge in [-0.15, -0.1) is 0 Å². The number of carbonyl (C=O) groups excluding carboxylic acids is 4. The smallest absolute Gasteiger partial charge is 0.305 e. The van der Waals surface area contributed by atoms with Crippen LogP contribution in [0.3, 0.4) is 0 Å². The summed E-state index contributed by atoms with van der Waals surface area (Å²) in [6.45, 7) is 6.74. The molecule has 0 unspecified atom stereocenters. The molecule has 0 aliphatic carbocycles. The van der Waals surface area contributed by atoms with Crippen molar-refractivity contribution in [2.24, 2.45) is 5.41 Å². The van der Waals surface area contributed by atoms with Crippen LogP contribution in [0.25, 0.3) is 10.8 Å². The molecule has 0 saturated heterocycles. The van der Waals surface area contributed by atoms with E-state index in [1.54, 1.807) is 32.9 Å². The third-order valence-corrected chi connectivity index (χ3v) is 5.08. The summed E-state index contributed by atoms with van der Waals surface area (Å²) in [5, 5.41) is 18.0. The maximum Gasteiger partial charge on any atom is 0.305 e. The highest BCUT2D eigenvalue weighted by Crippen LogP contribution is 2.22. The van der Waals surface area contributed by atoms with Crippen LogP contribution in [0.2, 0.25) is 0 Å². The van der Waals surface area contributed by atoms with Crippen LogP contribution in [0.5, 0.6) is 0 Å². The first kappa shape index (κ1) is 25.5. The van der Waals surface area contributed by atoms with Gasteiger partial charge in [-0.2, -0.15) is 0 Å². The molecule has 0 aliphatic rings. The Bertz CT molecular complexity index is 1050. The van der Waals surface area contributed by atoms with Gasteiger partial charge in [0.15, 0.2) is 0 Å². The first-order valence-electron chi connectivity index (χ1n) is 10.5. The molecule has 0 aromatic heterocycles. The molecule has 0 fully saturated rings. The maximum atomic E-state index is 13.1. The summed E-state index contributed by atoms with van der Waals surface area (Å²) in [7, 11) is 0. The Kier molecular flexibility index (Phi) is 8.28. The van der Waals surface area contributed by atoms with Crippen molar-refractivity contribution in [3.05, 3.63) is 48.0 Å². The normalized spacial score (nSPS) is 13.9. The van der Waals surface area contributed by atoms with Gasteiger partial charge in [-0.3, -0.25) is 19.2 Å². The van der Waals surface area contributed by atoms with Gasteiger partial charge in [-0.05, 0) is 29.2 Å². The number of aliphatic carboxylic acids is 1. The third-order valence-electron chi connectivity index (χ3n) is 5.08. The van der Waals surface area contributed by atoms with Crippen LogP contribution in [-0.4, -0.2) is 53.2 Å². The van der Waals surface area contributed by atoms with Crippen molar-refractivity contribution in [1.82, 2.24) is 16.0 Å². The first-order valence-corrected chi connectivity index (χ1v) is 10.5. The number of fused-ring (bicyclic) bond motifs is 1. The fraction of sp³-hybridized carbons (Fsp3) is 0.375. The van der Waals surface area contributed by atoms with Crippen LogP contribution in [0.1, 0.15) is 44.5 Å². The van der Waals surface area contributed by atoms with E-state index in [9.17, 15) is 24.0 Å². The summed E-state index contributed by atoms with van der Waals surface area (Å²) in [5.74, 6) is -2.97. The summed E-state index contributed by atoms with van der Waals surface area (Å²) in [6.07, 6.45) is -0.246. The second-order valence-electron chi connectivity index (χ2n) is 8.88. The fourth-order valence-corrected chi connectivity index (χ4v) is 3.30. The lowest BCUT2D eigenvalue weighted by Crippen LogP contribution is -2.57. The molecular formula is C24H29N3O6.